The number of anilines is 1. The van der Waals surface area contributed by atoms with Gasteiger partial charge >= 0.3 is 0 Å². The summed E-state index contributed by atoms with van der Waals surface area (Å²) in [6.45, 7) is 1.74. The number of halogens is 2. The smallest absolute Gasteiger partial charge is 0.245 e. The molecule has 4 rings (SSSR count). The van der Waals surface area contributed by atoms with Crippen molar-refractivity contribution in [1.82, 2.24) is 14.5 Å². The number of carbonyl (C=O) groups excluding carboxylic acids is 1. The van der Waals surface area contributed by atoms with Crippen LogP contribution < -0.4 is 5.32 Å². The van der Waals surface area contributed by atoms with Crippen molar-refractivity contribution in [1.29, 1.82) is 0 Å². The SMILES string of the molecule is CCS(=O)(=O)N1Cc2ccccc2C[C@H]1C(=O)Nc1nnc(SCc2c(Cl)cccc2Cl)s1. The second kappa shape index (κ2) is 10.3. The molecule has 1 amide bonds. The van der Waals surface area contributed by atoms with Crippen molar-refractivity contribution in [3.63, 3.8) is 0 Å². The molecule has 3 aromatic rings. The summed E-state index contributed by atoms with van der Waals surface area (Å²) in [6.07, 6.45) is 0.298. The van der Waals surface area contributed by atoms with E-state index in [-0.39, 0.29) is 12.3 Å². The third-order valence-corrected chi connectivity index (χ3v) is 9.80. The number of thioether (sulfide) groups is 1. The molecule has 1 atom stereocenters. The Morgan fingerprint density at radius 2 is 1.85 bits per heavy atom. The molecule has 7 nitrogen and oxygen atoms in total. The highest BCUT2D eigenvalue weighted by Gasteiger charge is 2.38. The number of carbonyl (C=O) groups is 1. The average molecular weight is 544 g/mol. The minimum atomic E-state index is -3.58. The first-order chi connectivity index (χ1) is 15.8. The monoisotopic (exact) mass is 542 g/mol. The third kappa shape index (κ3) is 5.52. The Hall–Kier alpha value is -1.69. The molecule has 0 spiro atoms. The number of nitrogens with one attached hydrogen (secondary N) is 1. The summed E-state index contributed by atoms with van der Waals surface area (Å²) in [6, 6.07) is 12.0. The Labute approximate surface area is 210 Å². The van der Waals surface area contributed by atoms with Crippen LogP contribution in [0.25, 0.3) is 0 Å². The summed E-state index contributed by atoms with van der Waals surface area (Å²) in [5.74, 6) is -0.00465. The third-order valence-electron chi connectivity index (χ3n) is 5.27. The molecule has 174 valence electrons. The summed E-state index contributed by atoms with van der Waals surface area (Å²) >= 11 is 15.0. The zero-order valence-corrected chi connectivity index (χ0v) is 21.5. The van der Waals surface area contributed by atoms with Crippen LogP contribution in [-0.2, 0) is 33.5 Å². The largest absolute Gasteiger partial charge is 0.299 e. The van der Waals surface area contributed by atoms with E-state index in [2.05, 4.69) is 15.5 Å². The van der Waals surface area contributed by atoms with Crippen molar-refractivity contribution >= 4 is 67.4 Å². The highest BCUT2D eigenvalue weighted by Crippen LogP contribution is 2.34. The number of fused-ring (bicyclic) bond motifs is 1. The first-order valence-electron chi connectivity index (χ1n) is 10.0. The fourth-order valence-electron chi connectivity index (χ4n) is 3.49. The number of nitrogens with zero attached hydrogens (tertiary/aromatic N) is 3. The fourth-order valence-corrected chi connectivity index (χ4v) is 7.21. The van der Waals surface area contributed by atoms with Crippen molar-refractivity contribution in [3.8, 4) is 0 Å². The van der Waals surface area contributed by atoms with E-state index in [0.717, 1.165) is 16.7 Å². The minimum absolute atomic E-state index is 0.0802. The van der Waals surface area contributed by atoms with Crippen LogP contribution in [0.4, 0.5) is 5.13 Å². The molecule has 0 aliphatic carbocycles. The molecule has 0 radical (unpaired) electrons. The second-order valence-electron chi connectivity index (χ2n) is 7.29. The Balaban J connectivity index is 1.48. The summed E-state index contributed by atoms with van der Waals surface area (Å²) in [4.78, 5) is 13.1. The van der Waals surface area contributed by atoms with E-state index in [0.29, 0.717) is 31.7 Å². The van der Waals surface area contributed by atoms with Gasteiger partial charge in [0.1, 0.15) is 6.04 Å². The molecule has 0 bridgehead atoms. The van der Waals surface area contributed by atoms with Crippen molar-refractivity contribution in [2.24, 2.45) is 0 Å². The number of hydrogen-bond donors (Lipinski definition) is 1. The number of amides is 1. The van der Waals surface area contributed by atoms with Gasteiger partial charge in [-0.2, -0.15) is 4.31 Å². The maximum absolute atomic E-state index is 13.1. The zero-order chi connectivity index (χ0) is 23.6. The van der Waals surface area contributed by atoms with Crippen molar-refractivity contribution < 1.29 is 13.2 Å². The second-order valence-corrected chi connectivity index (χ2v) is 12.5. The lowest BCUT2D eigenvalue weighted by Crippen LogP contribution is -2.51. The topological polar surface area (TPSA) is 92.3 Å². The van der Waals surface area contributed by atoms with Crippen LogP contribution in [0.3, 0.4) is 0 Å². The van der Waals surface area contributed by atoms with Gasteiger partial charge in [-0.3, -0.25) is 10.1 Å². The lowest BCUT2D eigenvalue weighted by atomic mass is 9.95. The number of aromatic nitrogens is 2. The molecule has 1 aliphatic rings. The summed E-state index contributed by atoms with van der Waals surface area (Å²) in [5, 5.41) is 12.3. The summed E-state index contributed by atoms with van der Waals surface area (Å²) in [5.41, 5.74) is 2.67. The Kier molecular flexibility index (Phi) is 7.62. The number of hydrogen-bond acceptors (Lipinski definition) is 7. The van der Waals surface area contributed by atoms with Crippen molar-refractivity contribution in [3.05, 3.63) is 69.2 Å². The van der Waals surface area contributed by atoms with Crippen molar-refractivity contribution in [2.75, 3.05) is 11.1 Å². The van der Waals surface area contributed by atoms with Crippen molar-refractivity contribution in [2.45, 2.75) is 36.0 Å². The molecular weight excluding hydrogens is 523 g/mol. The van der Waals surface area contributed by atoms with E-state index in [1.54, 1.807) is 25.1 Å². The van der Waals surface area contributed by atoms with E-state index < -0.39 is 22.0 Å². The predicted molar refractivity (Wildman–Crippen MR) is 133 cm³/mol. The van der Waals surface area contributed by atoms with Gasteiger partial charge in [-0.25, -0.2) is 8.42 Å². The normalized spacial score (nSPS) is 16.4. The predicted octanol–water partition coefficient (Wildman–Crippen LogP) is 4.85. The molecule has 0 unspecified atom stereocenters. The van der Waals surface area contributed by atoms with Gasteiger partial charge in [0.25, 0.3) is 0 Å². The van der Waals surface area contributed by atoms with Gasteiger partial charge in [-0.1, -0.05) is 76.6 Å². The molecule has 33 heavy (non-hydrogen) atoms. The van der Waals surface area contributed by atoms with Gasteiger partial charge in [-0.05, 0) is 42.2 Å². The van der Waals surface area contributed by atoms with Crippen LogP contribution in [0, 0.1) is 0 Å². The molecule has 2 heterocycles. The number of sulfonamides is 1. The van der Waals surface area contributed by atoms with Crippen LogP contribution in [-0.4, -0.2) is 40.6 Å². The Morgan fingerprint density at radius 3 is 2.55 bits per heavy atom. The van der Waals surface area contributed by atoms with E-state index in [1.165, 1.54) is 27.4 Å². The van der Waals surface area contributed by atoms with E-state index >= 15 is 0 Å². The Morgan fingerprint density at radius 1 is 1.15 bits per heavy atom. The highest BCUT2D eigenvalue weighted by molar-refractivity contribution is 8.00. The quantitative estimate of drug-likeness (QED) is 0.338. The lowest BCUT2D eigenvalue weighted by Gasteiger charge is -2.34. The van der Waals surface area contributed by atoms with Crippen LogP contribution >= 0.6 is 46.3 Å². The van der Waals surface area contributed by atoms with Crippen LogP contribution in [0.15, 0.2) is 46.8 Å². The standard InChI is InChI=1S/C21H20Cl2N4O3S3/c1-2-33(29,30)27-11-14-7-4-3-6-13(14)10-18(27)19(28)24-20-25-26-21(32-20)31-12-15-16(22)8-5-9-17(15)23/h3-9,18H,2,10-12H2,1H3,(H,24,25,28)/t18-/m0/s1. The van der Waals surface area contributed by atoms with Gasteiger partial charge in [-0.15, -0.1) is 10.2 Å². The van der Waals surface area contributed by atoms with Gasteiger partial charge in [0, 0.05) is 22.3 Å². The first-order valence-corrected chi connectivity index (χ1v) is 14.2. The van der Waals surface area contributed by atoms with E-state index in [4.69, 9.17) is 23.2 Å². The van der Waals surface area contributed by atoms with Crippen LogP contribution in [0.2, 0.25) is 10.0 Å². The van der Waals surface area contributed by atoms with Crippen LogP contribution in [0.1, 0.15) is 23.6 Å². The molecule has 2 aromatic carbocycles. The molecular formula is C21H20Cl2N4O3S3. The average Bonchev–Trinajstić information content (AvgIpc) is 3.25. The summed E-state index contributed by atoms with van der Waals surface area (Å²) < 4.78 is 27.3. The molecule has 12 heteroatoms. The van der Waals surface area contributed by atoms with Gasteiger partial charge < -0.3 is 0 Å². The lowest BCUT2D eigenvalue weighted by molar-refractivity contribution is -0.120. The van der Waals surface area contributed by atoms with Gasteiger partial charge in [0.15, 0.2) is 4.34 Å². The van der Waals surface area contributed by atoms with E-state index in [9.17, 15) is 13.2 Å². The highest BCUT2D eigenvalue weighted by atomic mass is 35.5. The fraction of sp³-hybridized carbons (Fsp3) is 0.286. The van der Waals surface area contributed by atoms with E-state index in [1.807, 2.05) is 24.3 Å². The maximum Gasteiger partial charge on any atom is 0.245 e. The zero-order valence-electron chi connectivity index (χ0n) is 17.5. The molecule has 0 fully saturated rings. The van der Waals surface area contributed by atoms with Gasteiger partial charge in [0.05, 0.1) is 5.75 Å². The number of benzene rings is 2. The minimum Gasteiger partial charge on any atom is -0.299 e. The maximum atomic E-state index is 13.1. The van der Waals surface area contributed by atoms with Gasteiger partial charge in [0.2, 0.25) is 21.1 Å². The molecule has 1 aliphatic heterocycles. The molecule has 0 saturated carbocycles. The summed E-state index contributed by atoms with van der Waals surface area (Å²) in [7, 11) is -3.58. The Bertz CT molecular complexity index is 1260. The molecule has 1 aromatic heterocycles. The molecule has 1 N–H and O–H groups in total. The first kappa shape index (κ1) is 24.4. The van der Waals surface area contributed by atoms with Crippen LogP contribution in [0.5, 0.6) is 0 Å². The number of rotatable bonds is 7. The molecule has 0 saturated heterocycles.